The minimum Gasteiger partial charge on any atom is -0.496 e. The zero-order valence-electron chi connectivity index (χ0n) is 21.7. The van der Waals surface area contributed by atoms with Crippen LogP contribution in [0.5, 0.6) is 5.75 Å². The van der Waals surface area contributed by atoms with Crippen LogP contribution in [0.4, 0.5) is 5.82 Å². The summed E-state index contributed by atoms with van der Waals surface area (Å²) in [5.41, 5.74) is 1.70. The molecule has 1 fully saturated rings. The standard InChI is InChI=1S/C26H28ClN5O4S2/c1-26(12-5-13-29-26)25(33)28-15-17-6-3-7-18(14-17)16-32-19-8-4-9-20(36-2)23(19)24(30-32)31-38(34,35)22-11-10-21(27)37-22/h3-4,6-11,14,29H,5,12-13,15-16H2,1-2H3,(H,28,33)(H,30,31)/t26-/m0/s1/i1D. The molecule has 2 aromatic carbocycles. The predicted octanol–water partition coefficient (Wildman–Crippen LogP) is 4.37. The van der Waals surface area contributed by atoms with Crippen LogP contribution >= 0.6 is 22.9 Å². The molecule has 1 aliphatic rings. The molecule has 1 aliphatic heterocycles. The van der Waals surface area contributed by atoms with Crippen LogP contribution in [0.2, 0.25) is 4.34 Å². The lowest BCUT2D eigenvalue weighted by molar-refractivity contribution is -0.126. The van der Waals surface area contributed by atoms with Crippen LogP contribution in [0.25, 0.3) is 10.9 Å². The van der Waals surface area contributed by atoms with Crippen LogP contribution in [-0.2, 0) is 27.9 Å². The minimum atomic E-state index is -3.91. The molecule has 0 spiro atoms. The van der Waals surface area contributed by atoms with Crippen LogP contribution in [0.15, 0.2) is 58.8 Å². The highest BCUT2D eigenvalue weighted by atomic mass is 35.5. The van der Waals surface area contributed by atoms with Crippen molar-refractivity contribution in [1.82, 2.24) is 20.4 Å². The number of benzene rings is 2. The first-order chi connectivity index (χ1) is 18.7. The summed E-state index contributed by atoms with van der Waals surface area (Å²) in [4.78, 5) is 12.8. The maximum absolute atomic E-state index is 13.0. The van der Waals surface area contributed by atoms with E-state index in [0.717, 1.165) is 35.4 Å². The number of nitrogens with zero attached hydrogens (tertiary/aromatic N) is 2. The number of sulfonamides is 1. The van der Waals surface area contributed by atoms with E-state index in [4.69, 9.17) is 17.7 Å². The van der Waals surface area contributed by atoms with Crippen molar-refractivity contribution in [2.75, 3.05) is 18.4 Å². The molecule has 12 heteroatoms. The number of ether oxygens (including phenoxy) is 1. The van der Waals surface area contributed by atoms with Crippen molar-refractivity contribution in [3.63, 3.8) is 0 Å². The quantitative estimate of drug-likeness (QED) is 0.273. The third-order valence-electron chi connectivity index (χ3n) is 6.46. The Morgan fingerprint density at radius 3 is 2.79 bits per heavy atom. The molecule has 1 saturated heterocycles. The summed E-state index contributed by atoms with van der Waals surface area (Å²) in [6.07, 6.45) is 1.54. The normalized spacial score (nSPS) is 17.9. The lowest BCUT2D eigenvalue weighted by Gasteiger charge is -2.23. The number of methoxy groups -OCH3 is 1. The molecular formula is C26H28ClN5O4S2. The van der Waals surface area contributed by atoms with Crippen molar-refractivity contribution in [2.24, 2.45) is 0 Å². The van der Waals surface area contributed by atoms with Crippen molar-refractivity contribution in [2.45, 2.75) is 42.6 Å². The third-order valence-corrected chi connectivity index (χ3v) is 9.52. The van der Waals surface area contributed by atoms with Crippen molar-refractivity contribution in [3.05, 3.63) is 70.1 Å². The van der Waals surface area contributed by atoms with Gasteiger partial charge in [-0.15, -0.1) is 11.3 Å². The summed E-state index contributed by atoms with van der Waals surface area (Å²) in [6.45, 7) is 1.43. The fourth-order valence-corrected chi connectivity index (χ4v) is 7.03. The minimum absolute atomic E-state index is 0.000318. The van der Waals surface area contributed by atoms with E-state index in [0.29, 0.717) is 40.5 Å². The highest BCUT2D eigenvalue weighted by Crippen LogP contribution is 2.35. The van der Waals surface area contributed by atoms with Crippen LogP contribution in [0.3, 0.4) is 0 Å². The Balaban J connectivity index is 1.40. The SMILES string of the molecule is [2H]C[C@@]1(C(=O)NCc2cccc(Cn3nc(NS(=O)(=O)c4ccc(Cl)s4)c4c(OC)cccc43)c2)CCCN1. The molecule has 0 bridgehead atoms. The van der Waals surface area contributed by atoms with E-state index in [-0.39, 0.29) is 22.8 Å². The second-order valence-electron chi connectivity index (χ2n) is 9.14. The highest BCUT2D eigenvalue weighted by molar-refractivity contribution is 7.94. The first-order valence-electron chi connectivity index (χ1n) is 12.7. The number of carbonyl (C=O) groups excluding carboxylic acids is 1. The Kier molecular flexibility index (Phi) is 7.00. The Morgan fingerprint density at radius 2 is 2.08 bits per heavy atom. The van der Waals surface area contributed by atoms with Gasteiger partial charge in [-0.05, 0) is 61.7 Å². The summed E-state index contributed by atoms with van der Waals surface area (Å²) in [6, 6.07) is 16.2. The van der Waals surface area contributed by atoms with Gasteiger partial charge in [-0.25, -0.2) is 8.42 Å². The van der Waals surface area contributed by atoms with E-state index in [1.54, 1.807) is 10.7 Å². The summed E-state index contributed by atoms with van der Waals surface area (Å²) in [5.74, 6) is 0.482. The molecule has 4 aromatic rings. The molecule has 1 amide bonds. The molecule has 0 unspecified atom stereocenters. The predicted molar refractivity (Wildman–Crippen MR) is 149 cm³/mol. The van der Waals surface area contributed by atoms with Crippen LogP contribution < -0.4 is 20.1 Å². The third kappa shape index (κ3) is 5.37. The van der Waals surface area contributed by atoms with Gasteiger partial charge in [0, 0.05) is 7.92 Å². The van der Waals surface area contributed by atoms with Crippen molar-refractivity contribution in [1.29, 1.82) is 0 Å². The maximum atomic E-state index is 13.0. The molecule has 9 nitrogen and oxygen atoms in total. The molecule has 1 atom stereocenters. The number of amides is 1. The van der Waals surface area contributed by atoms with Gasteiger partial charge in [0.2, 0.25) is 5.91 Å². The molecule has 3 N–H and O–H groups in total. The number of nitrogens with one attached hydrogen (secondary N) is 3. The second-order valence-corrected chi connectivity index (χ2v) is 12.8. The van der Waals surface area contributed by atoms with E-state index in [2.05, 4.69) is 20.5 Å². The molecule has 0 radical (unpaired) electrons. The lowest BCUT2D eigenvalue weighted by Crippen LogP contribution is -2.50. The molecule has 0 aliphatic carbocycles. The first-order valence-corrected chi connectivity index (χ1v) is 14.6. The summed E-state index contributed by atoms with van der Waals surface area (Å²) < 4.78 is 44.2. The average molecular weight is 575 g/mol. The average Bonchev–Trinajstić information content (AvgIpc) is 3.67. The van der Waals surface area contributed by atoms with Gasteiger partial charge in [0.1, 0.15) is 9.96 Å². The van der Waals surface area contributed by atoms with Crippen molar-refractivity contribution >= 4 is 55.6 Å². The van der Waals surface area contributed by atoms with Crippen molar-refractivity contribution < 1.29 is 19.3 Å². The van der Waals surface area contributed by atoms with E-state index in [1.807, 2.05) is 36.4 Å². The van der Waals surface area contributed by atoms with Gasteiger partial charge in [-0.3, -0.25) is 14.2 Å². The lowest BCUT2D eigenvalue weighted by atomic mass is 9.99. The first kappa shape index (κ1) is 25.2. The van der Waals surface area contributed by atoms with Crippen LogP contribution in [-0.4, -0.2) is 43.3 Å². The monoisotopic (exact) mass is 574 g/mol. The fourth-order valence-electron chi connectivity index (χ4n) is 4.54. The molecule has 38 heavy (non-hydrogen) atoms. The Morgan fingerprint density at radius 1 is 1.26 bits per heavy atom. The molecule has 3 heterocycles. The number of anilines is 1. The van der Waals surface area contributed by atoms with E-state index >= 15 is 0 Å². The fraction of sp³-hybridized carbons (Fsp3) is 0.308. The van der Waals surface area contributed by atoms with Crippen LogP contribution in [0, 0.1) is 0 Å². The number of hydrogen-bond donors (Lipinski definition) is 3. The number of aromatic nitrogens is 2. The topological polar surface area (TPSA) is 114 Å². The van der Waals surface area contributed by atoms with Gasteiger partial charge >= 0.3 is 0 Å². The van der Waals surface area contributed by atoms with Gasteiger partial charge in [0.05, 0.1) is 34.4 Å². The Labute approximate surface area is 231 Å². The van der Waals surface area contributed by atoms with E-state index in [1.165, 1.54) is 19.2 Å². The summed E-state index contributed by atoms with van der Waals surface area (Å²) >= 11 is 6.92. The van der Waals surface area contributed by atoms with Gasteiger partial charge in [0.25, 0.3) is 10.0 Å². The zero-order chi connectivity index (χ0) is 27.6. The number of fused-ring (bicyclic) bond motifs is 1. The molecule has 5 rings (SSSR count). The van der Waals surface area contributed by atoms with Crippen molar-refractivity contribution in [3.8, 4) is 5.75 Å². The zero-order valence-corrected chi connectivity index (χ0v) is 23.0. The molecule has 2 aromatic heterocycles. The van der Waals surface area contributed by atoms with Gasteiger partial charge in [-0.2, -0.15) is 5.10 Å². The highest BCUT2D eigenvalue weighted by Gasteiger charge is 2.35. The number of carbonyl (C=O) groups is 1. The summed E-state index contributed by atoms with van der Waals surface area (Å²) in [5, 5.41) is 11.3. The number of rotatable bonds is 9. The number of thiophene rings is 1. The van der Waals surface area contributed by atoms with Gasteiger partial charge in [-0.1, -0.05) is 41.9 Å². The van der Waals surface area contributed by atoms with Gasteiger partial charge in [0.15, 0.2) is 5.82 Å². The van der Waals surface area contributed by atoms with E-state index < -0.39 is 15.6 Å². The number of halogens is 1. The van der Waals surface area contributed by atoms with E-state index in [9.17, 15) is 13.2 Å². The molecule has 200 valence electrons. The molecule has 0 saturated carbocycles. The number of hydrogen-bond acceptors (Lipinski definition) is 7. The maximum Gasteiger partial charge on any atom is 0.272 e. The smallest absolute Gasteiger partial charge is 0.272 e. The summed E-state index contributed by atoms with van der Waals surface area (Å²) in [7, 11) is -2.39. The Hall–Kier alpha value is -3.12. The largest absolute Gasteiger partial charge is 0.496 e. The Bertz CT molecular complexity index is 1620. The molecular weight excluding hydrogens is 546 g/mol. The van der Waals surface area contributed by atoms with Crippen LogP contribution in [0.1, 0.15) is 32.2 Å². The second kappa shape index (κ2) is 10.6. The van der Waals surface area contributed by atoms with Gasteiger partial charge < -0.3 is 15.4 Å².